The third-order valence-electron chi connectivity index (χ3n) is 6.18. The van der Waals surface area contributed by atoms with Gasteiger partial charge in [-0.25, -0.2) is 4.98 Å². The average Bonchev–Trinajstić information content (AvgIpc) is 3.46. The summed E-state index contributed by atoms with van der Waals surface area (Å²) in [4.78, 5) is 12.1. The number of hydrogen-bond acceptors (Lipinski definition) is 8. The van der Waals surface area contributed by atoms with Gasteiger partial charge in [0, 0.05) is 18.2 Å². The molecule has 2 aliphatic heterocycles. The minimum absolute atomic E-state index is 0. The van der Waals surface area contributed by atoms with Gasteiger partial charge in [0.25, 0.3) is 0 Å². The first-order valence-electron chi connectivity index (χ1n) is 11.3. The molecule has 1 unspecified atom stereocenters. The van der Waals surface area contributed by atoms with Crippen molar-refractivity contribution in [1.82, 2.24) is 15.0 Å². The number of fused-ring (bicyclic) bond motifs is 1. The Balaban J connectivity index is 0.00000180. The van der Waals surface area contributed by atoms with E-state index >= 15 is 0 Å². The van der Waals surface area contributed by atoms with Gasteiger partial charge >= 0.3 is 29.6 Å². The zero-order valence-electron chi connectivity index (χ0n) is 21.6. The number of aryl methyl sites for hydroxylation is 1. The van der Waals surface area contributed by atoms with E-state index in [1.165, 1.54) is 0 Å². The van der Waals surface area contributed by atoms with Gasteiger partial charge in [-0.05, 0) is 44.5 Å². The number of aromatic nitrogens is 3. The van der Waals surface area contributed by atoms with Gasteiger partial charge in [0.05, 0.1) is 53.1 Å². The summed E-state index contributed by atoms with van der Waals surface area (Å²) in [6.07, 6.45) is 2.20. The summed E-state index contributed by atoms with van der Waals surface area (Å²) in [5.74, 6) is -0.606. The van der Waals surface area contributed by atoms with Crippen molar-refractivity contribution in [3.05, 3.63) is 47.3 Å². The van der Waals surface area contributed by atoms with Gasteiger partial charge in [-0.2, -0.15) is 0 Å². The summed E-state index contributed by atoms with van der Waals surface area (Å²) in [6, 6.07) is 7.72. The number of hydrogen-bond donors (Lipinski definition) is 1. The van der Waals surface area contributed by atoms with E-state index in [1.54, 1.807) is 6.20 Å². The van der Waals surface area contributed by atoms with Crippen LogP contribution in [0.2, 0.25) is 0 Å². The third kappa shape index (κ3) is 5.97. The van der Waals surface area contributed by atoms with E-state index in [9.17, 15) is 4.21 Å². The molecule has 4 heterocycles. The minimum atomic E-state index is -1.36. The molecule has 1 N–H and O–H groups in total. The summed E-state index contributed by atoms with van der Waals surface area (Å²) in [6.45, 7) is 7.98. The number of nitrogens with zero attached hydrogens (tertiary/aromatic N) is 2. The molecule has 0 amide bonds. The molecule has 1 atom stereocenters. The van der Waals surface area contributed by atoms with Crippen molar-refractivity contribution < 1.29 is 58.9 Å². The molecule has 0 radical (unpaired) electrons. The van der Waals surface area contributed by atoms with Gasteiger partial charge in [-0.15, -0.1) is 0 Å². The van der Waals surface area contributed by atoms with Gasteiger partial charge in [-0.3, -0.25) is 9.19 Å². The zero-order chi connectivity index (χ0) is 23.8. The molecule has 0 aliphatic carbocycles. The van der Waals surface area contributed by atoms with Crippen LogP contribution in [0, 0.1) is 13.8 Å². The first-order chi connectivity index (χ1) is 16.3. The Morgan fingerprint density at radius 2 is 1.89 bits per heavy atom. The molecule has 1 spiro atoms. The number of rotatable bonds is 7. The van der Waals surface area contributed by atoms with Crippen LogP contribution in [0.4, 0.5) is 0 Å². The Bertz CT molecular complexity index is 1210. The Morgan fingerprint density at radius 3 is 2.63 bits per heavy atom. The predicted molar refractivity (Wildman–Crippen MR) is 126 cm³/mol. The van der Waals surface area contributed by atoms with Crippen molar-refractivity contribution in [1.29, 1.82) is 0 Å². The molecule has 11 heteroatoms. The average molecular weight is 512 g/mol. The number of ether oxygens (including phenoxy) is 5. The first-order valence-corrected chi connectivity index (χ1v) is 12.6. The molecule has 9 nitrogen and oxygen atoms in total. The van der Waals surface area contributed by atoms with Crippen molar-refractivity contribution in [3.63, 3.8) is 0 Å². The second-order valence-corrected chi connectivity index (χ2v) is 10.2. The first kappa shape index (κ1) is 26.7. The van der Waals surface area contributed by atoms with Gasteiger partial charge in [0.15, 0.2) is 10.9 Å². The topological polar surface area (TPSA) is 105 Å². The molecule has 0 bridgehead atoms. The maximum Gasteiger partial charge on any atom is 1.00 e. The van der Waals surface area contributed by atoms with Crippen LogP contribution >= 0.6 is 0 Å². The summed E-state index contributed by atoms with van der Waals surface area (Å²) >= 11 is 0. The van der Waals surface area contributed by atoms with Crippen LogP contribution in [0.25, 0.3) is 11.0 Å². The van der Waals surface area contributed by atoms with Crippen molar-refractivity contribution in [2.75, 3.05) is 33.0 Å². The van der Waals surface area contributed by atoms with E-state index in [4.69, 9.17) is 23.7 Å². The summed E-state index contributed by atoms with van der Waals surface area (Å²) in [5.41, 5.74) is 4.36. The van der Waals surface area contributed by atoms with E-state index in [-0.39, 0.29) is 36.7 Å². The Morgan fingerprint density at radius 1 is 1.14 bits per heavy atom. The quantitative estimate of drug-likeness (QED) is 0.451. The number of H-pyrrole nitrogens is 1. The summed E-state index contributed by atoms with van der Waals surface area (Å²) < 4.78 is 42.1. The van der Waals surface area contributed by atoms with Crippen molar-refractivity contribution >= 4 is 21.8 Å². The fourth-order valence-electron chi connectivity index (χ4n) is 4.02. The van der Waals surface area contributed by atoms with Gasteiger partial charge in [0.2, 0.25) is 5.79 Å². The molecule has 2 aromatic heterocycles. The van der Waals surface area contributed by atoms with Gasteiger partial charge < -0.3 is 30.1 Å². The van der Waals surface area contributed by atoms with Crippen LogP contribution in [-0.2, 0) is 35.5 Å². The van der Waals surface area contributed by atoms with E-state index in [0.717, 1.165) is 22.2 Å². The van der Waals surface area contributed by atoms with E-state index < -0.39 is 22.4 Å². The Hall–Kier alpha value is -1.37. The predicted octanol–water partition coefficient (Wildman–Crippen LogP) is 0.274. The molecular weight excluding hydrogens is 481 g/mol. The van der Waals surface area contributed by atoms with Crippen LogP contribution < -0.4 is 34.3 Å². The maximum absolute atomic E-state index is 13.0. The molecule has 2 saturated heterocycles. The van der Waals surface area contributed by atoms with Crippen LogP contribution in [0.15, 0.2) is 35.6 Å². The van der Waals surface area contributed by atoms with Crippen molar-refractivity contribution in [2.24, 2.45) is 0 Å². The Kier molecular flexibility index (Phi) is 8.34. The standard InChI is InChI=1S/C24H29N3O6S.Na.H/c1-16-4-5-18-19(12-16)27-22(26-18)34(28)13-20-17(2)21(6-8-25-20)29-9-7-23(3)32-14-24(15-33-23)30-10-11-31-24;;/h4-6,8,12H,7,9-11,13-15H2,1-3H3,(H,26,27);;/q;+1;-1. The normalized spacial score (nSPS) is 19.5. The number of nitrogens with one attached hydrogen (secondary N) is 1. The van der Waals surface area contributed by atoms with Gasteiger partial charge in [0.1, 0.15) is 19.0 Å². The third-order valence-corrected chi connectivity index (χ3v) is 7.34. The maximum atomic E-state index is 13.0. The molecule has 2 fully saturated rings. The smallest absolute Gasteiger partial charge is 1.00 e. The Labute approximate surface area is 230 Å². The molecular formula is C24H30N3NaO6S. The molecule has 0 saturated carbocycles. The fourth-order valence-corrected chi connectivity index (χ4v) is 5.12. The molecule has 1 aromatic carbocycles. The second kappa shape index (κ2) is 10.9. The van der Waals surface area contributed by atoms with E-state index in [2.05, 4.69) is 15.0 Å². The fraction of sp³-hybridized carbons (Fsp3) is 0.500. The SMILES string of the molecule is Cc1ccc2nc(S(=O)Cc3nccc(OCCC4(C)OCC5(CO4)OCCO5)c3C)[nH]c2c1.[H-].[Na+]. The number of benzene rings is 1. The van der Waals surface area contributed by atoms with Crippen LogP contribution in [-0.4, -0.2) is 63.8 Å². The summed E-state index contributed by atoms with van der Waals surface area (Å²) in [7, 11) is -1.36. The number of pyridine rings is 1. The molecule has 3 aromatic rings. The zero-order valence-corrected chi connectivity index (χ0v) is 23.4. The van der Waals surface area contributed by atoms with E-state index in [0.29, 0.717) is 56.1 Å². The van der Waals surface area contributed by atoms with Crippen LogP contribution in [0.5, 0.6) is 5.75 Å². The number of aromatic amines is 1. The van der Waals surface area contributed by atoms with E-state index in [1.807, 2.05) is 45.0 Å². The molecule has 35 heavy (non-hydrogen) atoms. The van der Waals surface area contributed by atoms with Crippen molar-refractivity contribution in [2.45, 2.75) is 49.7 Å². The monoisotopic (exact) mass is 511 g/mol. The van der Waals surface area contributed by atoms with Gasteiger partial charge in [-0.1, -0.05) is 6.07 Å². The van der Waals surface area contributed by atoms with Crippen LogP contribution in [0.1, 0.15) is 31.6 Å². The number of imidazole rings is 1. The molecule has 5 rings (SSSR count). The largest absolute Gasteiger partial charge is 1.00 e. The second-order valence-electron chi connectivity index (χ2n) is 8.85. The van der Waals surface area contributed by atoms with Crippen LogP contribution in [0.3, 0.4) is 0 Å². The molecule has 184 valence electrons. The minimum Gasteiger partial charge on any atom is -1.00 e. The molecule has 2 aliphatic rings. The summed E-state index contributed by atoms with van der Waals surface area (Å²) in [5, 5.41) is 0.445. The van der Waals surface area contributed by atoms with Crippen molar-refractivity contribution in [3.8, 4) is 5.75 Å².